The Kier molecular flexibility index (Phi) is 7.54. The van der Waals surface area contributed by atoms with Crippen LogP contribution in [-0.2, 0) is 4.74 Å². The number of nitrogens with zero attached hydrogens (tertiary/aromatic N) is 3. The van der Waals surface area contributed by atoms with Gasteiger partial charge in [-0.05, 0) is 56.9 Å². The lowest BCUT2D eigenvalue weighted by molar-refractivity contribution is -0.386. The highest BCUT2D eigenvalue weighted by atomic mass is 16.6. The predicted molar refractivity (Wildman–Crippen MR) is 122 cm³/mol. The summed E-state index contributed by atoms with van der Waals surface area (Å²) >= 11 is 0. The standard InChI is InChI=1S/C23H27N3O8/c1-14-6-5-7-15(2)24(14)23(27)34-22(16-8-10-17(11-9-16)25(28)29)18-12-20(32-3)21(33-4)13-19(18)26(30)31/h8-15,22H,5-7H2,1-4H3. The molecule has 1 aliphatic heterocycles. The molecule has 182 valence electrons. The minimum atomic E-state index is -1.21. The molecule has 0 N–H and O–H groups in total. The van der Waals surface area contributed by atoms with Gasteiger partial charge in [0.2, 0.25) is 0 Å². The van der Waals surface area contributed by atoms with Crippen LogP contribution in [0.2, 0.25) is 0 Å². The Balaban J connectivity index is 2.13. The maximum atomic E-state index is 13.3. The maximum absolute atomic E-state index is 13.3. The van der Waals surface area contributed by atoms with Gasteiger partial charge in [0.15, 0.2) is 17.6 Å². The van der Waals surface area contributed by atoms with Gasteiger partial charge in [0, 0.05) is 24.2 Å². The second kappa shape index (κ2) is 10.4. The molecule has 1 amide bonds. The largest absolute Gasteiger partial charge is 0.493 e. The molecule has 3 atom stereocenters. The lowest BCUT2D eigenvalue weighted by Crippen LogP contribution is -2.48. The molecule has 34 heavy (non-hydrogen) atoms. The van der Waals surface area contributed by atoms with Gasteiger partial charge in [-0.3, -0.25) is 20.2 Å². The molecule has 3 rings (SSSR count). The number of hydrogen-bond acceptors (Lipinski definition) is 8. The van der Waals surface area contributed by atoms with E-state index in [1.807, 2.05) is 13.8 Å². The van der Waals surface area contributed by atoms with E-state index in [2.05, 4.69) is 0 Å². The Bertz CT molecular complexity index is 1060. The third-order valence-corrected chi connectivity index (χ3v) is 6.04. The molecule has 1 heterocycles. The third kappa shape index (κ3) is 5.03. The first-order valence-electron chi connectivity index (χ1n) is 10.8. The number of ether oxygens (including phenoxy) is 3. The number of non-ortho nitro benzene ring substituents is 1. The number of likely N-dealkylation sites (tertiary alicyclic amines) is 1. The van der Waals surface area contributed by atoms with Crippen LogP contribution in [0.5, 0.6) is 11.5 Å². The molecule has 1 fully saturated rings. The van der Waals surface area contributed by atoms with E-state index in [1.54, 1.807) is 4.90 Å². The number of piperidine rings is 1. The van der Waals surface area contributed by atoms with E-state index >= 15 is 0 Å². The summed E-state index contributed by atoms with van der Waals surface area (Å²) in [5.74, 6) is 0.357. The Morgan fingerprint density at radius 2 is 1.53 bits per heavy atom. The molecular formula is C23H27N3O8. The van der Waals surface area contributed by atoms with Gasteiger partial charge >= 0.3 is 6.09 Å². The number of amides is 1. The molecule has 0 aromatic heterocycles. The lowest BCUT2D eigenvalue weighted by Gasteiger charge is -2.38. The summed E-state index contributed by atoms with van der Waals surface area (Å²) in [6, 6.07) is 7.82. The van der Waals surface area contributed by atoms with E-state index < -0.39 is 22.0 Å². The van der Waals surface area contributed by atoms with Crippen molar-refractivity contribution in [3.05, 3.63) is 67.8 Å². The van der Waals surface area contributed by atoms with Crippen molar-refractivity contribution in [2.45, 2.75) is 51.3 Å². The van der Waals surface area contributed by atoms with Crippen molar-refractivity contribution in [3.8, 4) is 11.5 Å². The summed E-state index contributed by atoms with van der Waals surface area (Å²) in [6.45, 7) is 3.85. The zero-order valence-electron chi connectivity index (χ0n) is 19.4. The summed E-state index contributed by atoms with van der Waals surface area (Å²) in [4.78, 5) is 36.8. The smallest absolute Gasteiger partial charge is 0.411 e. The second-order valence-electron chi connectivity index (χ2n) is 8.17. The van der Waals surface area contributed by atoms with Crippen LogP contribution in [0.25, 0.3) is 0 Å². The highest BCUT2D eigenvalue weighted by Crippen LogP contribution is 2.41. The van der Waals surface area contributed by atoms with Gasteiger partial charge in [-0.15, -0.1) is 0 Å². The van der Waals surface area contributed by atoms with Crippen molar-refractivity contribution in [3.63, 3.8) is 0 Å². The molecule has 0 saturated carbocycles. The molecule has 0 spiro atoms. The fraction of sp³-hybridized carbons (Fsp3) is 0.435. The minimum absolute atomic E-state index is 0.0576. The van der Waals surface area contributed by atoms with Crippen molar-refractivity contribution in [2.24, 2.45) is 0 Å². The number of hydrogen-bond donors (Lipinski definition) is 0. The molecule has 11 heteroatoms. The Morgan fingerprint density at radius 1 is 0.971 bits per heavy atom. The molecule has 2 aromatic rings. The molecule has 3 unspecified atom stereocenters. The molecule has 0 bridgehead atoms. The van der Waals surface area contributed by atoms with Gasteiger partial charge in [0.05, 0.1) is 35.7 Å². The summed E-state index contributed by atoms with van der Waals surface area (Å²) in [5.41, 5.74) is -0.101. The summed E-state index contributed by atoms with van der Waals surface area (Å²) in [5, 5.41) is 23.0. The summed E-state index contributed by atoms with van der Waals surface area (Å²) in [6.07, 6.45) is 0.789. The maximum Gasteiger partial charge on any atom is 0.411 e. The number of carbonyl (C=O) groups excluding carboxylic acids is 1. The van der Waals surface area contributed by atoms with Crippen molar-refractivity contribution < 1.29 is 28.9 Å². The molecular weight excluding hydrogens is 446 g/mol. The number of nitro groups is 2. The average Bonchev–Trinajstić information content (AvgIpc) is 2.81. The number of carbonyl (C=O) groups is 1. The SMILES string of the molecule is COc1cc(C(OC(=O)N2C(C)CCCC2C)c2ccc([N+](=O)[O-])cc2)c([N+](=O)[O-])cc1OC. The fourth-order valence-corrected chi connectivity index (χ4v) is 4.28. The van der Waals surface area contributed by atoms with Crippen LogP contribution in [0, 0.1) is 20.2 Å². The predicted octanol–water partition coefficient (Wildman–Crippen LogP) is 5.01. The van der Waals surface area contributed by atoms with E-state index in [0.717, 1.165) is 19.3 Å². The first-order chi connectivity index (χ1) is 16.2. The molecule has 0 radical (unpaired) electrons. The summed E-state index contributed by atoms with van der Waals surface area (Å²) in [7, 11) is 2.74. The van der Waals surface area contributed by atoms with Crippen LogP contribution in [0.4, 0.5) is 16.2 Å². The first-order valence-corrected chi connectivity index (χ1v) is 10.8. The fourth-order valence-electron chi connectivity index (χ4n) is 4.28. The highest BCUT2D eigenvalue weighted by molar-refractivity contribution is 5.70. The quantitative estimate of drug-likeness (QED) is 0.405. The molecule has 11 nitrogen and oxygen atoms in total. The number of nitro benzene ring substituents is 2. The Labute approximate surface area is 196 Å². The van der Waals surface area contributed by atoms with Crippen LogP contribution in [0.3, 0.4) is 0 Å². The van der Waals surface area contributed by atoms with E-state index in [9.17, 15) is 25.0 Å². The van der Waals surface area contributed by atoms with Crippen molar-refractivity contribution in [1.29, 1.82) is 0 Å². The van der Waals surface area contributed by atoms with E-state index in [-0.39, 0.29) is 40.5 Å². The molecule has 0 aliphatic carbocycles. The Morgan fingerprint density at radius 3 is 2.03 bits per heavy atom. The van der Waals surface area contributed by atoms with Crippen molar-refractivity contribution in [1.82, 2.24) is 4.90 Å². The zero-order valence-corrected chi connectivity index (χ0v) is 19.4. The Hall–Kier alpha value is -3.89. The van der Waals surface area contributed by atoms with Gasteiger partial charge in [0.1, 0.15) is 0 Å². The number of methoxy groups -OCH3 is 2. The van der Waals surface area contributed by atoms with E-state index in [0.29, 0.717) is 5.56 Å². The van der Waals surface area contributed by atoms with Crippen LogP contribution in [0.1, 0.15) is 50.3 Å². The molecule has 1 saturated heterocycles. The number of benzene rings is 2. The van der Waals surface area contributed by atoms with E-state index in [4.69, 9.17) is 14.2 Å². The topological polar surface area (TPSA) is 134 Å². The average molecular weight is 473 g/mol. The van der Waals surface area contributed by atoms with E-state index in [1.165, 1.54) is 50.6 Å². The van der Waals surface area contributed by atoms with Gasteiger partial charge in [0.25, 0.3) is 11.4 Å². The van der Waals surface area contributed by atoms with Gasteiger partial charge < -0.3 is 19.1 Å². The molecule has 2 aromatic carbocycles. The van der Waals surface area contributed by atoms with Crippen LogP contribution < -0.4 is 9.47 Å². The van der Waals surface area contributed by atoms with Crippen LogP contribution >= 0.6 is 0 Å². The normalized spacial score (nSPS) is 18.6. The van der Waals surface area contributed by atoms with Gasteiger partial charge in [-0.25, -0.2) is 4.79 Å². The third-order valence-electron chi connectivity index (χ3n) is 6.04. The number of rotatable bonds is 7. The van der Waals surface area contributed by atoms with Crippen molar-refractivity contribution >= 4 is 17.5 Å². The first kappa shape index (κ1) is 24.7. The lowest BCUT2D eigenvalue weighted by atomic mass is 9.97. The van der Waals surface area contributed by atoms with Crippen LogP contribution in [0.15, 0.2) is 36.4 Å². The minimum Gasteiger partial charge on any atom is -0.493 e. The highest BCUT2D eigenvalue weighted by Gasteiger charge is 2.35. The molecule has 1 aliphatic rings. The summed E-state index contributed by atoms with van der Waals surface area (Å²) < 4.78 is 16.4. The monoisotopic (exact) mass is 473 g/mol. The van der Waals surface area contributed by atoms with Gasteiger partial charge in [-0.1, -0.05) is 0 Å². The second-order valence-corrected chi connectivity index (χ2v) is 8.17. The van der Waals surface area contributed by atoms with Gasteiger partial charge in [-0.2, -0.15) is 0 Å². The van der Waals surface area contributed by atoms with Crippen LogP contribution in [-0.4, -0.2) is 47.1 Å². The zero-order chi connectivity index (χ0) is 25.0. The van der Waals surface area contributed by atoms with Crippen molar-refractivity contribution in [2.75, 3.05) is 14.2 Å².